The van der Waals surface area contributed by atoms with Gasteiger partial charge in [0.05, 0.1) is 12.1 Å². The Hall–Kier alpha value is -3.48. The van der Waals surface area contributed by atoms with E-state index in [1.165, 1.54) is 6.33 Å². The monoisotopic (exact) mass is 378 g/mol. The van der Waals surface area contributed by atoms with E-state index in [1.54, 1.807) is 23.1 Å². The number of nitrogens with one attached hydrogen (secondary N) is 1. The summed E-state index contributed by atoms with van der Waals surface area (Å²) in [5, 5.41) is 6.88. The van der Waals surface area contributed by atoms with Crippen molar-refractivity contribution in [2.75, 3.05) is 11.9 Å². The fraction of sp³-hybridized carbons (Fsp3) is 0.238. The Morgan fingerprint density at radius 3 is 2.61 bits per heavy atom. The quantitative estimate of drug-likeness (QED) is 0.639. The van der Waals surface area contributed by atoms with E-state index in [0.717, 1.165) is 28.8 Å². The van der Waals surface area contributed by atoms with Gasteiger partial charge in [0.1, 0.15) is 12.7 Å². The van der Waals surface area contributed by atoms with E-state index >= 15 is 0 Å². The van der Waals surface area contributed by atoms with Crippen LogP contribution in [0.1, 0.15) is 34.0 Å². The lowest BCUT2D eigenvalue weighted by molar-refractivity contribution is -0.119. The molecule has 7 heteroatoms. The van der Waals surface area contributed by atoms with Crippen LogP contribution in [0.15, 0.2) is 55.1 Å². The number of aromatic nitrogens is 3. The van der Waals surface area contributed by atoms with Crippen molar-refractivity contribution in [3.8, 4) is 0 Å². The predicted octanol–water partition coefficient (Wildman–Crippen LogP) is 2.99. The van der Waals surface area contributed by atoms with Crippen LogP contribution in [-0.2, 0) is 22.5 Å². The molecule has 0 radical (unpaired) electrons. The van der Waals surface area contributed by atoms with Gasteiger partial charge in [0, 0.05) is 5.69 Å². The number of benzene rings is 2. The number of rotatable bonds is 7. The molecule has 0 bridgehead atoms. The Kier molecular flexibility index (Phi) is 6.16. The molecule has 0 fully saturated rings. The second-order valence-corrected chi connectivity index (χ2v) is 6.38. The topological polar surface area (TPSA) is 86.1 Å². The van der Waals surface area contributed by atoms with Gasteiger partial charge in [-0.3, -0.25) is 4.79 Å². The zero-order valence-corrected chi connectivity index (χ0v) is 15.9. The van der Waals surface area contributed by atoms with E-state index in [-0.39, 0.29) is 12.5 Å². The molecule has 0 unspecified atom stereocenters. The van der Waals surface area contributed by atoms with Gasteiger partial charge in [0.2, 0.25) is 0 Å². The summed E-state index contributed by atoms with van der Waals surface area (Å²) in [7, 11) is 0. The summed E-state index contributed by atoms with van der Waals surface area (Å²) < 4.78 is 6.83. The van der Waals surface area contributed by atoms with Gasteiger partial charge in [0.25, 0.3) is 5.91 Å². The standard InChI is InChI=1S/C21H22N4O3/c1-3-17-6-4-5-15(2)20(17)24-19(26)12-28-21(27)18-9-7-16(8-10-18)11-25-14-22-13-23-25/h4-10,13-14H,3,11-12H2,1-2H3,(H,24,26). The first-order valence-electron chi connectivity index (χ1n) is 9.03. The van der Waals surface area contributed by atoms with E-state index < -0.39 is 5.97 Å². The number of amides is 1. The average Bonchev–Trinajstić information content (AvgIpc) is 3.21. The molecule has 2 aromatic carbocycles. The Morgan fingerprint density at radius 2 is 1.93 bits per heavy atom. The normalized spacial score (nSPS) is 10.5. The fourth-order valence-electron chi connectivity index (χ4n) is 2.84. The minimum absolute atomic E-state index is 0.336. The Bertz CT molecular complexity index is 950. The molecule has 0 saturated heterocycles. The molecule has 0 aliphatic heterocycles. The van der Waals surface area contributed by atoms with E-state index in [1.807, 2.05) is 44.2 Å². The lowest BCUT2D eigenvalue weighted by atomic mass is 10.1. The summed E-state index contributed by atoms with van der Waals surface area (Å²) in [5.74, 6) is -0.900. The Morgan fingerprint density at radius 1 is 1.14 bits per heavy atom. The maximum absolute atomic E-state index is 12.2. The summed E-state index contributed by atoms with van der Waals surface area (Å²) in [5.41, 5.74) is 4.17. The van der Waals surface area contributed by atoms with Gasteiger partial charge in [-0.05, 0) is 42.2 Å². The van der Waals surface area contributed by atoms with Crippen molar-refractivity contribution in [1.82, 2.24) is 14.8 Å². The van der Waals surface area contributed by atoms with Gasteiger partial charge in [-0.15, -0.1) is 0 Å². The molecule has 0 aliphatic carbocycles. The van der Waals surface area contributed by atoms with Gasteiger partial charge in [-0.1, -0.05) is 37.3 Å². The number of hydrogen-bond acceptors (Lipinski definition) is 5. The van der Waals surface area contributed by atoms with Crippen molar-refractivity contribution >= 4 is 17.6 Å². The van der Waals surface area contributed by atoms with Crippen molar-refractivity contribution < 1.29 is 14.3 Å². The van der Waals surface area contributed by atoms with Crippen LogP contribution in [0.4, 0.5) is 5.69 Å². The zero-order chi connectivity index (χ0) is 19.9. The molecule has 1 N–H and O–H groups in total. The molecule has 0 spiro atoms. The second kappa shape index (κ2) is 8.94. The van der Waals surface area contributed by atoms with Crippen molar-refractivity contribution in [2.24, 2.45) is 0 Å². The van der Waals surface area contributed by atoms with Gasteiger partial charge in [-0.2, -0.15) is 5.10 Å². The minimum Gasteiger partial charge on any atom is -0.452 e. The molecule has 1 amide bonds. The largest absolute Gasteiger partial charge is 0.452 e. The lowest BCUT2D eigenvalue weighted by Gasteiger charge is -2.13. The average molecular weight is 378 g/mol. The maximum Gasteiger partial charge on any atom is 0.338 e. The SMILES string of the molecule is CCc1cccc(C)c1NC(=O)COC(=O)c1ccc(Cn2cncn2)cc1. The molecule has 3 rings (SSSR count). The molecule has 3 aromatic rings. The molecule has 144 valence electrons. The van der Waals surface area contributed by atoms with Crippen LogP contribution in [0, 0.1) is 6.92 Å². The summed E-state index contributed by atoms with van der Waals surface area (Å²) in [4.78, 5) is 28.3. The van der Waals surface area contributed by atoms with E-state index in [4.69, 9.17) is 4.74 Å². The minimum atomic E-state index is -0.539. The first kappa shape index (κ1) is 19.3. The van der Waals surface area contributed by atoms with Gasteiger partial charge >= 0.3 is 5.97 Å². The molecule has 0 saturated carbocycles. The third-order valence-electron chi connectivity index (χ3n) is 4.34. The van der Waals surface area contributed by atoms with Crippen LogP contribution in [0.2, 0.25) is 0 Å². The molecule has 0 atom stereocenters. The molecular weight excluding hydrogens is 356 g/mol. The lowest BCUT2D eigenvalue weighted by Crippen LogP contribution is -2.22. The number of hydrogen-bond donors (Lipinski definition) is 1. The summed E-state index contributed by atoms with van der Waals surface area (Å²) in [6.45, 7) is 4.18. The van der Waals surface area contributed by atoms with Crippen molar-refractivity contribution in [3.63, 3.8) is 0 Å². The molecule has 0 aliphatic rings. The highest BCUT2D eigenvalue weighted by Crippen LogP contribution is 2.21. The van der Waals surface area contributed by atoms with Crippen LogP contribution in [0.5, 0.6) is 0 Å². The smallest absolute Gasteiger partial charge is 0.338 e. The Labute approximate surface area is 163 Å². The first-order valence-corrected chi connectivity index (χ1v) is 9.03. The second-order valence-electron chi connectivity index (χ2n) is 6.38. The molecule has 28 heavy (non-hydrogen) atoms. The van der Waals surface area contributed by atoms with Gasteiger partial charge in [0.15, 0.2) is 6.61 Å². The third-order valence-corrected chi connectivity index (χ3v) is 4.34. The molecule has 1 heterocycles. The van der Waals surface area contributed by atoms with Crippen LogP contribution in [0.25, 0.3) is 0 Å². The maximum atomic E-state index is 12.2. The van der Waals surface area contributed by atoms with Crippen molar-refractivity contribution in [2.45, 2.75) is 26.8 Å². The highest BCUT2D eigenvalue weighted by Gasteiger charge is 2.13. The number of para-hydroxylation sites is 1. The number of anilines is 1. The van der Waals surface area contributed by atoms with Crippen LogP contribution >= 0.6 is 0 Å². The van der Waals surface area contributed by atoms with Gasteiger partial charge in [-0.25, -0.2) is 14.5 Å². The van der Waals surface area contributed by atoms with E-state index in [2.05, 4.69) is 15.4 Å². The summed E-state index contributed by atoms with van der Waals surface area (Å²) in [6.07, 6.45) is 3.90. The molecule has 1 aromatic heterocycles. The van der Waals surface area contributed by atoms with Crippen molar-refractivity contribution in [1.29, 1.82) is 0 Å². The molecular formula is C21H22N4O3. The zero-order valence-electron chi connectivity index (χ0n) is 15.9. The van der Waals surface area contributed by atoms with Crippen molar-refractivity contribution in [3.05, 3.63) is 77.4 Å². The number of nitrogens with zero attached hydrogens (tertiary/aromatic N) is 3. The molecule has 7 nitrogen and oxygen atoms in total. The van der Waals surface area contributed by atoms with Crippen LogP contribution < -0.4 is 5.32 Å². The van der Waals surface area contributed by atoms with Gasteiger partial charge < -0.3 is 10.1 Å². The number of esters is 1. The van der Waals surface area contributed by atoms with E-state index in [9.17, 15) is 9.59 Å². The number of carbonyl (C=O) groups excluding carboxylic acids is 2. The summed E-state index contributed by atoms with van der Waals surface area (Å²) >= 11 is 0. The van der Waals surface area contributed by atoms with Crippen LogP contribution in [0.3, 0.4) is 0 Å². The van der Waals surface area contributed by atoms with E-state index in [0.29, 0.717) is 12.1 Å². The fourth-order valence-corrected chi connectivity index (χ4v) is 2.84. The number of ether oxygens (including phenoxy) is 1. The Balaban J connectivity index is 1.54. The highest BCUT2D eigenvalue weighted by molar-refractivity contribution is 5.96. The summed E-state index contributed by atoms with van der Waals surface area (Å²) in [6, 6.07) is 12.8. The van der Waals surface area contributed by atoms with Crippen LogP contribution in [-0.4, -0.2) is 33.2 Å². The third kappa shape index (κ3) is 4.82. The number of carbonyl (C=O) groups is 2. The first-order chi connectivity index (χ1) is 13.6. The predicted molar refractivity (Wildman–Crippen MR) is 105 cm³/mol. The number of aryl methyl sites for hydroxylation is 2. The highest BCUT2D eigenvalue weighted by atomic mass is 16.5.